The molecule has 29 heavy (non-hydrogen) atoms. The molecule has 1 fully saturated rings. The lowest BCUT2D eigenvalue weighted by Crippen LogP contribution is -2.51. The summed E-state index contributed by atoms with van der Waals surface area (Å²) < 4.78 is 0. The van der Waals surface area contributed by atoms with Crippen LogP contribution in [0.4, 0.5) is 5.69 Å². The number of amides is 2. The van der Waals surface area contributed by atoms with Crippen molar-refractivity contribution in [2.45, 2.75) is 25.7 Å². The van der Waals surface area contributed by atoms with Gasteiger partial charge in [0, 0.05) is 36.9 Å². The van der Waals surface area contributed by atoms with Crippen LogP contribution in [0, 0.1) is 0 Å². The fraction of sp³-hybridized carbons (Fsp3) is 0.391. The van der Waals surface area contributed by atoms with Crippen molar-refractivity contribution in [3.8, 4) is 0 Å². The van der Waals surface area contributed by atoms with Gasteiger partial charge in [-0.3, -0.25) is 9.59 Å². The molecule has 0 saturated carbocycles. The van der Waals surface area contributed by atoms with Gasteiger partial charge in [-0.05, 0) is 60.2 Å². The standard InChI is InChI=1S/C23H26ClN3O2/c24-20-6-8-21(9-7-20)26-10-12-27(13-11-26)23(29)16-25-22(28)15-17-4-5-18-2-1-3-19(18)14-17/h4-9,14H,1-3,10-13,15-16H2,(H,25,28). The Balaban J connectivity index is 1.22. The molecule has 5 nitrogen and oxygen atoms in total. The molecule has 2 aromatic carbocycles. The summed E-state index contributed by atoms with van der Waals surface area (Å²) in [7, 11) is 0. The number of carbonyl (C=O) groups excluding carboxylic acids is 2. The number of fused-ring (bicyclic) bond motifs is 1. The van der Waals surface area contributed by atoms with E-state index in [0.29, 0.717) is 19.5 Å². The summed E-state index contributed by atoms with van der Waals surface area (Å²) in [5, 5.41) is 3.51. The third-order valence-electron chi connectivity index (χ3n) is 5.79. The molecule has 1 aliphatic heterocycles. The van der Waals surface area contributed by atoms with Crippen LogP contribution >= 0.6 is 11.6 Å². The van der Waals surface area contributed by atoms with Gasteiger partial charge in [0.2, 0.25) is 11.8 Å². The van der Waals surface area contributed by atoms with E-state index in [-0.39, 0.29) is 18.4 Å². The number of nitrogens with one attached hydrogen (secondary N) is 1. The first-order valence-corrected chi connectivity index (χ1v) is 10.6. The highest BCUT2D eigenvalue weighted by atomic mass is 35.5. The summed E-state index contributed by atoms with van der Waals surface area (Å²) in [6.07, 6.45) is 3.77. The van der Waals surface area contributed by atoms with Gasteiger partial charge in [-0.25, -0.2) is 0 Å². The van der Waals surface area contributed by atoms with Crippen LogP contribution in [0.5, 0.6) is 0 Å². The molecule has 2 amide bonds. The molecule has 0 bridgehead atoms. The molecule has 0 spiro atoms. The number of benzene rings is 2. The zero-order valence-corrected chi connectivity index (χ0v) is 17.3. The van der Waals surface area contributed by atoms with Crippen LogP contribution < -0.4 is 10.2 Å². The number of rotatable bonds is 5. The van der Waals surface area contributed by atoms with Crippen LogP contribution in [0.15, 0.2) is 42.5 Å². The summed E-state index contributed by atoms with van der Waals surface area (Å²) in [6, 6.07) is 14.1. The molecule has 1 saturated heterocycles. The summed E-state index contributed by atoms with van der Waals surface area (Å²) in [6.45, 7) is 2.92. The van der Waals surface area contributed by atoms with Crippen molar-refractivity contribution in [1.82, 2.24) is 10.2 Å². The lowest BCUT2D eigenvalue weighted by Gasteiger charge is -2.36. The van der Waals surface area contributed by atoms with Crippen LogP contribution in [0.2, 0.25) is 5.02 Å². The van der Waals surface area contributed by atoms with Crippen molar-refractivity contribution >= 4 is 29.1 Å². The van der Waals surface area contributed by atoms with Crippen molar-refractivity contribution < 1.29 is 9.59 Å². The van der Waals surface area contributed by atoms with Gasteiger partial charge in [-0.2, -0.15) is 0 Å². The van der Waals surface area contributed by atoms with E-state index in [1.165, 1.54) is 17.5 Å². The fourth-order valence-corrected chi connectivity index (χ4v) is 4.26. The van der Waals surface area contributed by atoms with Crippen molar-refractivity contribution in [3.63, 3.8) is 0 Å². The SMILES string of the molecule is O=C(Cc1ccc2c(c1)CCC2)NCC(=O)N1CCN(c2ccc(Cl)cc2)CC1. The highest BCUT2D eigenvalue weighted by molar-refractivity contribution is 6.30. The molecule has 0 unspecified atom stereocenters. The Morgan fingerprint density at radius 3 is 2.41 bits per heavy atom. The Bertz CT molecular complexity index is 889. The number of hydrogen-bond donors (Lipinski definition) is 1. The first kappa shape index (κ1) is 19.8. The molecule has 0 atom stereocenters. The van der Waals surface area contributed by atoms with Crippen LogP contribution in [-0.2, 0) is 28.9 Å². The van der Waals surface area contributed by atoms with Crippen molar-refractivity contribution in [1.29, 1.82) is 0 Å². The minimum atomic E-state index is -0.101. The van der Waals surface area contributed by atoms with Gasteiger partial charge in [0.05, 0.1) is 13.0 Å². The minimum absolute atomic E-state index is 0.0249. The highest BCUT2D eigenvalue weighted by Gasteiger charge is 2.21. The molecule has 152 valence electrons. The molecule has 2 aliphatic rings. The molecule has 1 aliphatic carbocycles. The lowest BCUT2D eigenvalue weighted by molar-refractivity contribution is -0.133. The Kier molecular flexibility index (Phi) is 6.05. The molecular weight excluding hydrogens is 386 g/mol. The van der Waals surface area contributed by atoms with Gasteiger partial charge in [-0.15, -0.1) is 0 Å². The zero-order valence-electron chi connectivity index (χ0n) is 16.5. The van der Waals surface area contributed by atoms with E-state index >= 15 is 0 Å². The molecule has 0 radical (unpaired) electrons. The smallest absolute Gasteiger partial charge is 0.242 e. The quantitative estimate of drug-likeness (QED) is 0.823. The second-order valence-corrected chi connectivity index (χ2v) is 8.19. The lowest BCUT2D eigenvalue weighted by atomic mass is 10.0. The Labute approximate surface area is 176 Å². The number of piperazine rings is 1. The topological polar surface area (TPSA) is 52.7 Å². The van der Waals surface area contributed by atoms with Crippen LogP contribution in [0.3, 0.4) is 0 Å². The van der Waals surface area contributed by atoms with Crippen LogP contribution in [0.25, 0.3) is 0 Å². The van der Waals surface area contributed by atoms with E-state index in [1.54, 1.807) is 0 Å². The van der Waals surface area contributed by atoms with Gasteiger partial charge < -0.3 is 15.1 Å². The van der Waals surface area contributed by atoms with Crippen LogP contribution in [0.1, 0.15) is 23.1 Å². The molecule has 0 aromatic heterocycles. The fourth-order valence-electron chi connectivity index (χ4n) is 4.13. The minimum Gasteiger partial charge on any atom is -0.368 e. The molecule has 2 aromatic rings. The average Bonchev–Trinajstić information content (AvgIpc) is 3.20. The van der Waals surface area contributed by atoms with Crippen molar-refractivity contribution in [3.05, 3.63) is 64.2 Å². The van der Waals surface area contributed by atoms with E-state index in [9.17, 15) is 9.59 Å². The van der Waals surface area contributed by atoms with Crippen LogP contribution in [-0.4, -0.2) is 49.4 Å². The van der Waals surface area contributed by atoms with E-state index in [0.717, 1.165) is 42.2 Å². The van der Waals surface area contributed by atoms with Gasteiger partial charge >= 0.3 is 0 Å². The normalized spacial score (nSPS) is 15.9. The maximum Gasteiger partial charge on any atom is 0.242 e. The summed E-state index contributed by atoms with van der Waals surface area (Å²) in [5.41, 5.74) is 4.91. The van der Waals surface area contributed by atoms with E-state index < -0.39 is 0 Å². The summed E-state index contributed by atoms with van der Waals surface area (Å²) >= 11 is 5.95. The number of nitrogens with zero attached hydrogens (tertiary/aromatic N) is 2. The Morgan fingerprint density at radius 2 is 1.66 bits per heavy atom. The third kappa shape index (κ3) is 4.91. The Hall–Kier alpha value is -2.53. The monoisotopic (exact) mass is 411 g/mol. The summed E-state index contributed by atoms with van der Waals surface area (Å²) in [5.74, 6) is -0.126. The number of halogens is 1. The van der Waals surface area contributed by atoms with E-state index in [1.807, 2.05) is 35.2 Å². The molecule has 1 N–H and O–H groups in total. The maximum atomic E-state index is 12.5. The first-order chi connectivity index (χ1) is 14.1. The van der Waals surface area contributed by atoms with Crippen molar-refractivity contribution in [2.24, 2.45) is 0 Å². The predicted molar refractivity (Wildman–Crippen MR) is 115 cm³/mol. The second kappa shape index (κ2) is 8.87. The van der Waals surface area contributed by atoms with E-state index in [2.05, 4.69) is 22.3 Å². The molecule has 6 heteroatoms. The average molecular weight is 412 g/mol. The molecular formula is C23H26ClN3O2. The maximum absolute atomic E-state index is 12.5. The largest absolute Gasteiger partial charge is 0.368 e. The number of anilines is 1. The Morgan fingerprint density at radius 1 is 0.931 bits per heavy atom. The van der Waals surface area contributed by atoms with E-state index in [4.69, 9.17) is 11.6 Å². The second-order valence-electron chi connectivity index (χ2n) is 7.75. The molecule has 1 heterocycles. The highest BCUT2D eigenvalue weighted by Crippen LogP contribution is 2.23. The number of hydrogen-bond acceptors (Lipinski definition) is 3. The zero-order chi connectivity index (χ0) is 20.2. The predicted octanol–water partition coefficient (Wildman–Crippen LogP) is 2.84. The summed E-state index contributed by atoms with van der Waals surface area (Å²) in [4.78, 5) is 28.8. The van der Waals surface area contributed by atoms with Gasteiger partial charge in [-0.1, -0.05) is 29.8 Å². The van der Waals surface area contributed by atoms with Gasteiger partial charge in [0.1, 0.15) is 0 Å². The third-order valence-corrected chi connectivity index (χ3v) is 6.04. The number of carbonyl (C=O) groups is 2. The molecule has 4 rings (SSSR count). The van der Waals surface area contributed by atoms with Gasteiger partial charge in [0.15, 0.2) is 0 Å². The number of aryl methyl sites for hydroxylation is 2. The first-order valence-electron chi connectivity index (χ1n) is 10.2. The van der Waals surface area contributed by atoms with Crippen molar-refractivity contribution in [2.75, 3.05) is 37.6 Å². The van der Waals surface area contributed by atoms with Gasteiger partial charge in [0.25, 0.3) is 0 Å².